The number of halogens is 1. The summed E-state index contributed by atoms with van der Waals surface area (Å²) in [6, 6.07) is 13.2. The summed E-state index contributed by atoms with van der Waals surface area (Å²) in [5.41, 5.74) is 3.39. The van der Waals surface area contributed by atoms with E-state index in [1.807, 2.05) is 49.4 Å². The van der Waals surface area contributed by atoms with Crippen LogP contribution in [0.3, 0.4) is 0 Å². The first kappa shape index (κ1) is 12.1. The Morgan fingerprint density at radius 3 is 2.79 bits per heavy atom. The molecular formula is C15H11BrN2O. The topological polar surface area (TPSA) is 34.9 Å². The van der Waals surface area contributed by atoms with E-state index in [9.17, 15) is 4.79 Å². The number of imidazole rings is 1. The molecular weight excluding hydrogens is 304 g/mol. The van der Waals surface area contributed by atoms with Crippen LogP contribution in [0.5, 0.6) is 0 Å². The van der Waals surface area contributed by atoms with Gasteiger partial charge in [-0.15, -0.1) is 0 Å². The Balaban J connectivity index is 2.11. The van der Waals surface area contributed by atoms with Gasteiger partial charge >= 0.3 is 0 Å². The highest BCUT2D eigenvalue weighted by atomic mass is 79.9. The van der Waals surface area contributed by atoms with Crippen molar-refractivity contribution in [2.45, 2.75) is 6.92 Å². The second-order valence-corrected chi connectivity index (χ2v) is 5.23. The normalized spacial score (nSPS) is 10.8. The number of aryl methyl sites for hydroxylation is 1. The summed E-state index contributed by atoms with van der Waals surface area (Å²) in [5, 5.41) is 0. The average molecular weight is 315 g/mol. The van der Waals surface area contributed by atoms with Crippen LogP contribution in [0.2, 0.25) is 0 Å². The molecule has 0 N–H and O–H groups in total. The Bertz CT molecular complexity index is 777. The Morgan fingerprint density at radius 2 is 2.00 bits per heavy atom. The minimum Gasteiger partial charge on any atom is -0.268 e. The third kappa shape index (κ3) is 2.08. The number of fused-ring (bicyclic) bond motifs is 1. The van der Waals surface area contributed by atoms with Gasteiger partial charge in [0.15, 0.2) is 0 Å². The number of nitrogens with zero attached hydrogens (tertiary/aromatic N) is 2. The van der Waals surface area contributed by atoms with Crippen molar-refractivity contribution < 1.29 is 4.79 Å². The van der Waals surface area contributed by atoms with E-state index in [1.165, 1.54) is 0 Å². The summed E-state index contributed by atoms with van der Waals surface area (Å²) in [4.78, 5) is 16.7. The van der Waals surface area contributed by atoms with Crippen molar-refractivity contribution in [1.82, 2.24) is 9.55 Å². The first-order valence-electron chi connectivity index (χ1n) is 5.90. The molecule has 94 valence electrons. The maximum atomic E-state index is 12.5. The van der Waals surface area contributed by atoms with E-state index in [1.54, 1.807) is 10.9 Å². The second kappa shape index (κ2) is 4.63. The lowest BCUT2D eigenvalue weighted by molar-refractivity contribution is 0.0964. The molecule has 0 aliphatic heterocycles. The van der Waals surface area contributed by atoms with E-state index in [-0.39, 0.29) is 5.91 Å². The lowest BCUT2D eigenvalue weighted by Gasteiger charge is -2.05. The molecule has 0 atom stereocenters. The standard InChI is InChI=1S/C15H11BrN2O/c1-10-6-7-11(8-12(10)16)15(19)18-9-17-13-4-2-3-5-14(13)18/h2-9H,1H3. The third-order valence-corrected chi connectivity index (χ3v) is 3.95. The highest BCUT2D eigenvalue weighted by molar-refractivity contribution is 9.10. The predicted octanol–water partition coefficient (Wildman–Crippen LogP) is 3.80. The lowest BCUT2D eigenvalue weighted by Crippen LogP contribution is -2.10. The molecule has 3 rings (SSSR count). The Morgan fingerprint density at radius 1 is 1.21 bits per heavy atom. The van der Waals surface area contributed by atoms with E-state index in [4.69, 9.17) is 0 Å². The van der Waals surface area contributed by atoms with Crippen LogP contribution in [0.25, 0.3) is 11.0 Å². The third-order valence-electron chi connectivity index (χ3n) is 3.09. The zero-order chi connectivity index (χ0) is 13.4. The van der Waals surface area contributed by atoms with Crippen LogP contribution in [0, 0.1) is 6.92 Å². The summed E-state index contributed by atoms with van der Waals surface area (Å²) >= 11 is 3.45. The minimum absolute atomic E-state index is 0.0746. The smallest absolute Gasteiger partial charge is 0.263 e. The molecule has 0 saturated heterocycles. The van der Waals surface area contributed by atoms with Gasteiger partial charge in [0.1, 0.15) is 6.33 Å². The number of carbonyl (C=O) groups is 1. The van der Waals surface area contributed by atoms with Gasteiger partial charge in [-0.1, -0.05) is 34.1 Å². The number of rotatable bonds is 1. The van der Waals surface area contributed by atoms with Crippen molar-refractivity contribution in [2.24, 2.45) is 0 Å². The molecule has 4 heteroatoms. The van der Waals surface area contributed by atoms with Crippen molar-refractivity contribution in [3.63, 3.8) is 0 Å². The summed E-state index contributed by atoms with van der Waals surface area (Å²) in [6.45, 7) is 1.99. The minimum atomic E-state index is -0.0746. The summed E-state index contributed by atoms with van der Waals surface area (Å²) in [6.07, 6.45) is 1.57. The zero-order valence-corrected chi connectivity index (χ0v) is 11.9. The monoisotopic (exact) mass is 314 g/mol. The fourth-order valence-electron chi connectivity index (χ4n) is 1.99. The zero-order valence-electron chi connectivity index (χ0n) is 10.3. The van der Waals surface area contributed by atoms with Gasteiger partial charge in [-0.25, -0.2) is 4.98 Å². The molecule has 0 bridgehead atoms. The first-order valence-corrected chi connectivity index (χ1v) is 6.69. The number of benzene rings is 2. The van der Waals surface area contributed by atoms with Gasteiger partial charge in [-0.2, -0.15) is 0 Å². The van der Waals surface area contributed by atoms with Crippen molar-refractivity contribution in [3.8, 4) is 0 Å². The molecule has 0 aliphatic carbocycles. The molecule has 1 aromatic heterocycles. The van der Waals surface area contributed by atoms with E-state index >= 15 is 0 Å². The van der Waals surface area contributed by atoms with E-state index in [2.05, 4.69) is 20.9 Å². The number of hydrogen-bond donors (Lipinski definition) is 0. The Kier molecular flexibility index (Phi) is 2.95. The van der Waals surface area contributed by atoms with Crippen LogP contribution in [0.4, 0.5) is 0 Å². The molecule has 0 amide bonds. The highest BCUT2D eigenvalue weighted by Gasteiger charge is 2.12. The van der Waals surface area contributed by atoms with Crippen LogP contribution in [-0.2, 0) is 0 Å². The maximum absolute atomic E-state index is 12.5. The predicted molar refractivity (Wildman–Crippen MR) is 78.3 cm³/mol. The van der Waals surface area contributed by atoms with Crippen molar-refractivity contribution in [2.75, 3.05) is 0 Å². The SMILES string of the molecule is Cc1ccc(C(=O)n2cnc3ccccc32)cc1Br. The van der Waals surface area contributed by atoms with Gasteiger partial charge in [0, 0.05) is 10.0 Å². The molecule has 0 radical (unpaired) electrons. The van der Waals surface area contributed by atoms with E-state index in [0.29, 0.717) is 5.56 Å². The van der Waals surface area contributed by atoms with Crippen LogP contribution in [0.15, 0.2) is 53.3 Å². The summed E-state index contributed by atoms with van der Waals surface area (Å²) in [5.74, 6) is -0.0746. The molecule has 19 heavy (non-hydrogen) atoms. The molecule has 0 aliphatic rings. The Hall–Kier alpha value is -1.94. The molecule has 3 nitrogen and oxygen atoms in total. The van der Waals surface area contributed by atoms with E-state index < -0.39 is 0 Å². The number of aromatic nitrogens is 2. The van der Waals surface area contributed by atoms with Gasteiger partial charge in [0.25, 0.3) is 5.91 Å². The second-order valence-electron chi connectivity index (χ2n) is 4.37. The fraction of sp³-hybridized carbons (Fsp3) is 0.0667. The highest BCUT2D eigenvalue weighted by Crippen LogP contribution is 2.20. The van der Waals surface area contributed by atoms with Gasteiger partial charge in [0.2, 0.25) is 0 Å². The lowest BCUT2D eigenvalue weighted by atomic mass is 10.1. The summed E-state index contributed by atoms with van der Waals surface area (Å²) in [7, 11) is 0. The fourth-order valence-corrected chi connectivity index (χ4v) is 2.36. The van der Waals surface area contributed by atoms with Crippen LogP contribution in [-0.4, -0.2) is 15.5 Å². The number of carbonyl (C=O) groups excluding carboxylic acids is 1. The largest absolute Gasteiger partial charge is 0.268 e. The van der Waals surface area contributed by atoms with Crippen molar-refractivity contribution in [1.29, 1.82) is 0 Å². The van der Waals surface area contributed by atoms with Crippen LogP contribution >= 0.6 is 15.9 Å². The molecule has 0 spiro atoms. The van der Waals surface area contributed by atoms with E-state index in [0.717, 1.165) is 21.1 Å². The van der Waals surface area contributed by atoms with Gasteiger partial charge < -0.3 is 0 Å². The quantitative estimate of drug-likeness (QED) is 0.685. The van der Waals surface area contributed by atoms with Crippen molar-refractivity contribution in [3.05, 3.63) is 64.4 Å². The van der Waals surface area contributed by atoms with Gasteiger partial charge in [-0.05, 0) is 36.8 Å². The average Bonchev–Trinajstić information content (AvgIpc) is 2.85. The van der Waals surface area contributed by atoms with Gasteiger partial charge in [0.05, 0.1) is 11.0 Å². The Labute approximate surface area is 119 Å². The first-order chi connectivity index (χ1) is 9.16. The van der Waals surface area contributed by atoms with Crippen molar-refractivity contribution >= 4 is 32.9 Å². The van der Waals surface area contributed by atoms with Gasteiger partial charge in [-0.3, -0.25) is 9.36 Å². The molecule has 2 aromatic carbocycles. The maximum Gasteiger partial charge on any atom is 0.263 e. The molecule has 3 aromatic rings. The number of para-hydroxylation sites is 2. The number of hydrogen-bond acceptors (Lipinski definition) is 2. The summed E-state index contributed by atoms with van der Waals surface area (Å²) < 4.78 is 2.51. The van der Waals surface area contributed by atoms with Crippen LogP contribution in [0.1, 0.15) is 15.9 Å². The molecule has 0 unspecified atom stereocenters. The van der Waals surface area contributed by atoms with Crippen LogP contribution < -0.4 is 0 Å². The molecule has 0 fully saturated rings. The molecule has 1 heterocycles. The molecule has 0 saturated carbocycles.